The van der Waals surface area contributed by atoms with Crippen LogP contribution in [0.1, 0.15) is 20.3 Å². The van der Waals surface area contributed by atoms with Crippen LogP contribution in [0.2, 0.25) is 0 Å². The molecule has 1 aromatic heterocycles. The SMILES string of the molecule is CC(C)N(CCC(N)=S)c1ncnc2ccccc12. The van der Waals surface area contributed by atoms with Crippen LogP contribution < -0.4 is 10.6 Å². The summed E-state index contributed by atoms with van der Waals surface area (Å²) in [6.45, 7) is 5.04. The maximum absolute atomic E-state index is 5.60. The summed E-state index contributed by atoms with van der Waals surface area (Å²) in [5, 5.41) is 1.06. The van der Waals surface area contributed by atoms with E-state index >= 15 is 0 Å². The largest absolute Gasteiger partial charge is 0.393 e. The van der Waals surface area contributed by atoms with Gasteiger partial charge in [-0.25, -0.2) is 9.97 Å². The van der Waals surface area contributed by atoms with Crippen molar-refractivity contribution in [3.05, 3.63) is 30.6 Å². The predicted octanol–water partition coefficient (Wildman–Crippen LogP) is 2.52. The van der Waals surface area contributed by atoms with Gasteiger partial charge in [-0.1, -0.05) is 24.4 Å². The highest BCUT2D eigenvalue weighted by Crippen LogP contribution is 2.24. The normalized spacial score (nSPS) is 10.9. The lowest BCUT2D eigenvalue weighted by atomic mass is 10.2. The highest BCUT2D eigenvalue weighted by molar-refractivity contribution is 7.80. The van der Waals surface area contributed by atoms with Gasteiger partial charge in [0.1, 0.15) is 12.1 Å². The number of para-hydroxylation sites is 1. The van der Waals surface area contributed by atoms with E-state index in [0.717, 1.165) is 23.3 Å². The smallest absolute Gasteiger partial charge is 0.140 e. The van der Waals surface area contributed by atoms with Crippen molar-refractivity contribution in [3.8, 4) is 0 Å². The molecule has 100 valence electrons. The average molecular weight is 274 g/mol. The van der Waals surface area contributed by atoms with Crippen LogP contribution in [0.15, 0.2) is 30.6 Å². The summed E-state index contributed by atoms with van der Waals surface area (Å²) in [5.41, 5.74) is 6.56. The Bertz CT molecular complexity index is 577. The molecule has 2 rings (SSSR count). The summed E-state index contributed by atoms with van der Waals surface area (Å²) >= 11 is 4.96. The number of hydrogen-bond donors (Lipinski definition) is 1. The number of thiocarbonyl (C=S) groups is 1. The lowest BCUT2D eigenvalue weighted by molar-refractivity contribution is 0.683. The first kappa shape index (κ1) is 13.7. The first-order chi connectivity index (χ1) is 9.09. The Morgan fingerprint density at radius 3 is 2.74 bits per heavy atom. The summed E-state index contributed by atoms with van der Waals surface area (Å²) in [5.74, 6) is 0.942. The highest BCUT2D eigenvalue weighted by atomic mass is 32.1. The van der Waals surface area contributed by atoms with Crippen molar-refractivity contribution in [3.63, 3.8) is 0 Å². The second kappa shape index (κ2) is 5.93. The van der Waals surface area contributed by atoms with Crippen LogP contribution >= 0.6 is 12.2 Å². The molecule has 2 N–H and O–H groups in total. The minimum Gasteiger partial charge on any atom is -0.393 e. The fraction of sp³-hybridized carbons (Fsp3) is 0.357. The Kier molecular flexibility index (Phi) is 4.27. The van der Waals surface area contributed by atoms with Crippen molar-refractivity contribution >= 4 is 33.9 Å². The molecule has 0 saturated heterocycles. The molecule has 0 spiro atoms. The molecular formula is C14H18N4S. The van der Waals surface area contributed by atoms with Crippen LogP contribution in [-0.2, 0) is 0 Å². The van der Waals surface area contributed by atoms with E-state index in [1.165, 1.54) is 0 Å². The van der Waals surface area contributed by atoms with Gasteiger partial charge in [0.15, 0.2) is 0 Å². The first-order valence-corrected chi connectivity index (χ1v) is 6.75. The van der Waals surface area contributed by atoms with Crippen LogP contribution in [0, 0.1) is 0 Å². The molecule has 0 aliphatic rings. The molecule has 0 radical (unpaired) electrons. The van der Waals surface area contributed by atoms with E-state index in [9.17, 15) is 0 Å². The van der Waals surface area contributed by atoms with Gasteiger partial charge in [0.2, 0.25) is 0 Å². The Balaban J connectivity index is 2.41. The fourth-order valence-corrected chi connectivity index (χ4v) is 2.15. The second-order valence-electron chi connectivity index (χ2n) is 4.72. The number of hydrogen-bond acceptors (Lipinski definition) is 4. The molecule has 4 nitrogen and oxygen atoms in total. The van der Waals surface area contributed by atoms with Gasteiger partial charge in [0, 0.05) is 24.4 Å². The van der Waals surface area contributed by atoms with Crippen molar-refractivity contribution < 1.29 is 0 Å². The number of nitrogens with two attached hydrogens (primary N) is 1. The lowest BCUT2D eigenvalue weighted by Gasteiger charge is -2.28. The van der Waals surface area contributed by atoms with E-state index in [2.05, 4.69) is 28.7 Å². The predicted molar refractivity (Wildman–Crippen MR) is 83.4 cm³/mol. The van der Waals surface area contributed by atoms with Gasteiger partial charge in [-0.05, 0) is 26.0 Å². The molecule has 0 unspecified atom stereocenters. The maximum Gasteiger partial charge on any atom is 0.140 e. The molecule has 0 aliphatic carbocycles. The van der Waals surface area contributed by atoms with Gasteiger partial charge in [-0.2, -0.15) is 0 Å². The second-order valence-corrected chi connectivity index (χ2v) is 5.24. The summed E-state index contributed by atoms with van der Waals surface area (Å²) in [7, 11) is 0. The molecule has 0 aliphatic heterocycles. The standard InChI is InChI=1S/C14H18N4S/c1-10(2)18(8-7-13(15)19)14-11-5-3-4-6-12(11)16-9-17-14/h3-6,9-10H,7-8H2,1-2H3,(H2,15,19). The van der Waals surface area contributed by atoms with E-state index in [0.29, 0.717) is 17.5 Å². The number of rotatable bonds is 5. The third kappa shape index (κ3) is 3.17. The molecule has 0 amide bonds. The van der Waals surface area contributed by atoms with Crippen molar-refractivity contribution in [1.82, 2.24) is 9.97 Å². The topological polar surface area (TPSA) is 55.0 Å². The van der Waals surface area contributed by atoms with Gasteiger partial charge >= 0.3 is 0 Å². The average Bonchev–Trinajstić information content (AvgIpc) is 2.38. The number of aromatic nitrogens is 2. The summed E-state index contributed by atoms with van der Waals surface area (Å²) in [4.78, 5) is 11.5. The molecule has 0 saturated carbocycles. The molecular weight excluding hydrogens is 256 g/mol. The minimum atomic E-state index is 0.327. The van der Waals surface area contributed by atoms with Gasteiger partial charge in [-0.3, -0.25) is 0 Å². The monoisotopic (exact) mass is 274 g/mol. The van der Waals surface area contributed by atoms with Crippen LogP contribution in [-0.4, -0.2) is 27.5 Å². The van der Waals surface area contributed by atoms with E-state index in [4.69, 9.17) is 18.0 Å². The zero-order valence-corrected chi connectivity index (χ0v) is 12.0. The fourth-order valence-electron chi connectivity index (χ4n) is 2.06. The van der Waals surface area contributed by atoms with Crippen LogP contribution in [0.5, 0.6) is 0 Å². The van der Waals surface area contributed by atoms with Crippen molar-refractivity contribution in [1.29, 1.82) is 0 Å². The van der Waals surface area contributed by atoms with Gasteiger partial charge < -0.3 is 10.6 Å². The molecule has 0 fully saturated rings. The molecule has 5 heteroatoms. The molecule has 0 atom stereocenters. The van der Waals surface area contributed by atoms with E-state index in [1.54, 1.807) is 6.33 Å². The molecule has 1 heterocycles. The quantitative estimate of drug-likeness (QED) is 0.849. The third-order valence-electron chi connectivity index (χ3n) is 3.02. The maximum atomic E-state index is 5.60. The zero-order chi connectivity index (χ0) is 13.8. The summed E-state index contributed by atoms with van der Waals surface area (Å²) in [6.07, 6.45) is 2.29. The van der Waals surface area contributed by atoms with Crippen LogP contribution in [0.3, 0.4) is 0 Å². The number of fused-ring (bicyclic) bond motifs is 1. The summed E-state index contributed by atoms with van der Waals surface area (Å²) in [6, 6.07) is 8.34. The molecule has 0 bridgehead atoms. The van der Waals surface area contributed by atoms with Crippen molar-refractivity contribution in [2.45, 2.75) is 26.3 Å². The molecule has 19 heavy (non-hydrogen) atoms. The number of benzene rings is 1. The highest BCUT2D eigenvalue weighted by Gasteiger charge is 2.15. The molecule has 2 aromatic rings. The van der Waals surface area contributed by atoms with E-state index in [-0.39, 0.29) is 0 Å². The summed E-state index contributed by atoms with van der Waals surface area (Å²) < 4.78 is 0. The van der Waals surface area contributed by atoms with Gasteiger partial charge in [0.05, 0.1) is 10.5 Å². The number of nitrogens with zero attached hydrogens (tertiary/aromatic N) is 3. The lowest BCUT2D eigenvalue weighted by Crippen LogP contribution is -2.34. The van der Waals surface area contributed by atoms with Crippen LogP contribution in [0.25, 0.3) is 10.9 Å². The third-order valence-corrected chi connectivity index (χ3v) is 3.22. The Morgan fingerprint density at radius 2 is 2.05 bits per heavy atom. The zero-order valence-electron chi connectivity index (χ0n) is 11.2. The first-order valence-electron chi connectivity index (χ1n) is 6.34. The number of anilines is 1. The van der Waals surface area contributed by atoms with E-state index < -0.39 is 0 Å². The van der Waals surface area contributed by atoms with Crippen LogP contribution in [0.4, 0.5) is 5.82 Å². The van der Waals surface area contributed by atoms with E-state index in [1.807, 2.05) is 24.3 Å². The Morgan fingerprint density at radius 1 is 1.32 bits per heavy atom. The van der Waals surface area contributed by atoms with Gasteiger partial charge in [-0.15, -0.1) is 0 Å². The Hall–Kier alpha value is -1.75. The Labute approximate surface area is 118 Å². The van der Waals surface area contributed by atoms with Crippen molar-refractivity contribution in [2.24, 2.45) is 5.73 Å². The molecule has 1 aromatic carbocycles. The minimum absolute atomic E-state index is 0.327. The van der Waals surface area contributed by atoms with Gasteiger partial charge in [0.25, 0.3) is 0 Å². The van der Waals surface area contributed by atoms with Crippen molar-refractivity contribution in [2.75, 3.05) is 11.4 Å².